The number of amides is 1. The molecule has 0 unspecified atom stereocenters. The van der Waals surface area contributed by atoms with Gasteiger partial charge in [-0.05, 0) is 11.4 Å². The average Bonchev–Trinajstić information content (AvgIpc) is 2.97. The van der Waals surface area contributed by atoms with Gasteiger partial charge >= 0.3 is 0 Å². The van der Waals surface area contributed by atoms with Gasteiger partial charge in [0.15, 0.2) is 0 Å². The van der Waals surface area contributed by atoms with E-state index in [2.05, 4.69) is 10.3 Å². The molecule has 0 atom stereocenters. The Labute approximate surface area is 112 Å². The summed E-state index contributed by atoms with van der Waals surface area (Å²) >= 11 is 4.49. The van der Waals surface area contributed by atoms with Gasteiger partial charge in [0.1, 0.15) is 15.4 Å². The number of hydrogen-bond donors (Lipinski definition) is 1. The smallest absolute Gasteiger partial charge is 0.235 e. The summed E-state index contributed by atoms with van der Waals surface area (Å²) in [6.07, 6.45) is 0. The van der Waals surface area contributed by atoms with Crippen LogP contribution in [-0.4, -0.2) is 28.3 Å². The lowest BCUT2D eigenvalue weighted by molar-refractivity contribution is -0.113. The van der Waals surface area contributed by atoms with Crippen molar-refractivity contribution in [2.24, 2.45) is 4.99 Å². The Kier molecular flexibility index (Phi) is 4.48. The molecule has 1 N–H and O–H groups in total. The molecule has 1 aromatic rings. The highest BCUT2D eigenvalue weighted by Gasteiger charge is 2.12. The second-order valence-electron chi connectivity index (χ2n) is 3.11. The number of thioether (sulfide) groups is 2. The Morgan fingerprint density at radius 3 is 3.29 bits per heavy atom. The molecule has 0 aromatic carbocycles. The second-order valence-corrected chi connectivity index (χ2v) is 6.33. The van der Waals surface area contributed by atoms with E-state index >= 15 is 0 Å². The van der Waals surface area contributed by atoms with Crippen molar-refractivity contribution in [1.29, 1.82) is 5.26 Å². The molecule has 7 heteroatoms. The second kappa shape index (κ2) is 6.10. The van der Waals surface area contributed by atoms with Crippen LogP contribution in [0.25, 0.3) is 0 Å². The number of carbonyl (C=O) groups is 1. The molecule has 0 bridgehead atoms. The summed E-state index contributed by atoms with van der Waals surface area (Å²) in [5, 5.41) is 14.0. The van der Waals surface area contributed by atoms with Gasteiger partial charge in [0, 0.05) is 5.75 Å². The SMILES string of the molecule is N#Cc1ccsc1NC(=O)CSC1=NCCS1. The van der Waals surface area contributed by atoms with Crippen LogP contribution < -0.4 is 5.32 Å². The molecule has 2 rings (SSSR count). The van der Waals surface area contributed by atoms with Crippen LogP contribution in [0.2, 0.25) is 0 Å². The molecule has 0 fully saturated rings. The van der Waals surface area contributed by atoms with E-state index < -0.39 is 0 Å². The van der Waals surface area contributed by atoms with Crippen molar-refractivity contribution in [2.75, 3.05) is 23.4 Å². The van der Waals surface area contributed by atoms with Crippen LogP contribution in [0.1, 0.15) is 5.56 Å². The normalized spacial score (nSPS) is 14.2. The van der Waals surface area contributed by atoms with Crippen molar-refractivity contribution < 1.29 is 4.79 Å². The van der Waals surface area contributed by atoms with Crippen molar-refractivity contribution in [3.8, 4) is 6.07 Å². The Morgan fingerprint density at radius 2 is 2.59 bits per heavy atom. The van der Waals surface area contributed by atoms with Crippen molar-refractivity contribution in [1.82, 2.24) is 0 Å². The standard InChI is InChI=1S/C10H9N3OS3/c11-5-7-1-3-15-9(7)13-8(14)6-17-10-12-2-4-16-10/h1,3H,2,4,6H2,(H,13,14). The number of carbonyl (C=O) groups excluding carboxylic acids is 1. The zero-order valence-electron chi connectivity index (χ0n) is 8.80. The van der Waals surface area contributed by atoms with Crippen molar-refractivity contribution >= 4 is 50.1 Å². The molecule has 0 saturated carbocycles. The predicted octanol–water partition coefficient (Wildman–Crippen LogP) is 2.39. The lowest BCUT2D eigenvalue weighted by Crippen LogP contribution is -2.14. The van der Waals surface area contributed by atoms with Crippen LogP contribution in [0.4, 0.5) is 5.00 Å². The highest BCUT2D eigenvalue weighted by atomic mass is 32.2. The molecule has 0 spiro atoms. The number of rotatable bonds is 3. The molecule has 1 aliphatic rings. The molecule has 1 aliphatic heterocycles. The van der Waals surface area contributed by atoms with Gasteiger partial charge in [-0.15, -0.1) is 11.3 Å². The zero-order valence-corrected chi connectivity index (χ0v) is 11.3. The van der Waals surface area contributed by atoms with Gasteiger partial charge in [-0.3, -0.25) is 9.79 Å². The third-order valence-electron chi connectivity index (χ3n) is 1.92. The fourth-order valence-corrected chi connectivity index (χ4v) is 3.75. The molecule has 1 amide bonds. The number of hydrogen-bond acceptors (Lipinski definition) is 6. The summed E-state index contributed by atoms with van der Waals surface area (Å²) < 4.78 is 0.979. The topological polar surface area (TPSA) is 65.2 Å². The Balaban J connectivity index is 1.83. The number of thiophene rings is 1. The largest absolute Gasteiger partial charge is 0.316 e. The summed E-state index contributed by atoms with van der Waals surface area (Å²) in [6, 6.07) is 3.74. The molecule has 4 nitrogen and oxygen atoms in total. The Morgan fingerprint density at radius 1 is 1.71 bits per heavy atom. The summed E-state index contributed by atoms with van der Waals surface area (Å²) in [7, 11) is 0. The van der Waals surface area contributed by atoms with Crippen molar-refractivity contribution in [3.63, 3.8) is 0 Å². The fourth-order valence-electron chi connectivity index (χ4n) is 1.19. The van der Waals surface area contributed by atoms with E-state index in [1.54, 1.807) is 23.2 Å². The summed E-state index contributed by atoms with van der Waals surface area (Å²) in [6.45, 7) is 0.845. The Bertz CT molecular complexity index is 489. The van der Waals surface area contributed by atoms with Crippen LogP contribution in [0.5, 0.6) is 0 Å². The molecule has 88 valence electrons. The van der Waals surface area contributed by atoms with E-state index in [1.165, 1.54) is 23.1 Å². The van der Waals surface area contributed by atoms with Crippen LogP contribution in [0.3, 0.4) is 0 Å². The summed E-state index contributed by atoms with van der Waals surface area (Å²) in [4.78, 5) is 15.9. The van der Waals surface area contributed by atoms with Crippen LogP contribution >= 0.6 is 34.9 Å². The number of anilines is 1. The van der Waals surface area contributed by atoms with Crippen LogP contribution in [-0.2, 0) is 4.79 Å². The number of nitriles is 1. The van der Waals surface area contributed by atoms with Gasteiger partial charge < -0.3 is 5.32 Å². The number of nitrogens with zero attached hydrogens (tertiary/aromatic N) is 2. The number of nitrogens with one attached hydrogen (secondary N) is 1. The maximum Gasteiger partial charge on any atom is 0.235 e. The zero-order chi connectivity index (χ0) is 12.1. The molecule has 17 heavy (non-hydrogen) atoms. The first-order valence-corrected chi connectivity index (χ1v) is 7.72. The first-order valence-electron chi connectivity index (χ1n) is 4.87. The number of aliphatic imine (C=N–C) groups is 1. The molecule has 0 aliphatic carbocycles. The van der Waals surface area contributed by atoms with Crippen LogP contribution in [0.15, 0.2) is 16.4 Å². The molecule has 2 heterocycles. The van der Waals surface area contributed by atoms with Gasteiger partial charge in [0.2, 0.25) is 5.91 Å². The van der Waals surface area contributed by atoms with Gasteiger partial charge in [0.25, 0.3) is 0 Å². The highest BCUT2D eigenvalue weighted by Crippen LogP contribution is 2.24. The van der Waals surface area contributed by atoms with Gasteiger partial charge in [-0.1, -0.05) is 23.5 Å². The van der Waals surface area contributed by atoms with E-state index in [0.29, 0.717) is 16.3 Å². The van der Waals surface area contributed by atoms with Gasteiger partial charge in [-0.25, -0.2) is 0 Å². The highest BCUT2D eigenvalue weighted by molar-refractivity contribution is 8.39. The monoisotopic (exact) mass is 283 g/mol. The molecular formula is C10H9N3OS3. The first kappa shape index (κ1) is 12.5. The minimum Gasteiger partial charge on any atom is -0.316 e. The minimum absolute atomic E-state index is 0.0934. The van der Waals surface area contributed by atoms with Gasteiger partial charge in [0.05, 0.1) is 17.9 Å². The third kappa shape index (κ3) is 3.49. The first-order chi connectivity index (χ1) is 8.29. The predicted molar refractivity (Wildman–Crippen MR) is 74.9 cm³/mol. The minimum atomic E-state index is -0.0934. The van der Waals surface area contributed by atoms with Crippen molar-refractivity contribution in [3.05, 3.63) is 17.0 Å². The molecular weight excluding hydrogens is 274 g/mol. The molecule has 1 aromatic heterocycles. The maximum absolute atomic E-state index is 11.6. The maximum atomic E-state index is 11.6. The van der Waals surface area contributed by atoms with E-state index in [4.69, 9.17) is 5.26 Å². The quantitative estimate of drug-likeness (QED) is 0.925. The lowest BCUT2D eigenvalue weighted by Gasteiger charge is -2.02. The van der Waals surface area contributed by atoms with E-state index in [9.17, 15) is 4.79 Å². The summed E-state index contributed by atoms with van der Waals surface area (Å²) in [5.74, 6) is 1.26. The van der Waals surface area contributed by atoms with Gasteiger partial charge in [-0.2, -0.15) is 5.26 Å². The van der Waals surface area contributed by atoms with E-state index in [0.717, 1.165) is 16.7 Å². The summed E-state index contributed by atoms with van der Waals surface area (Å²) in [5.41, 5.74) is 0.515. The Hall–Kier alpha value is -0.970. The average molecular weight is 283 g/mol. The van der Waals surface area contributed by atoms with E-state index in [1.807, 2.05) is 6.07 Å². The fraction of sp³-hybridized carbons (Fsp3) is 0.300. The van der Waals surface area contributed by atoms with E-state index in [-0.39, 0.29) is 5.91 Å². The van der Waals surface area contributed by atoms with Crippen LogP contribution in [0, 0.1) is 11.3 Å². The third-order valence-corrected chi connectivity index (χ3v) is 5.01. The molecule has 0 radical (unpaired) electrons. The van der Waals surface area contributed by atoms with Crippen molar-refractivity contribution in [2.45, 2.75) is 0 Å². The molecule has 0 saturated heterocycles. The lowest BCUT2D eigenvalue weighted by atomic mass is 10.3.